The molecule has 4 heteroatoms. The van der Waals surface area contributed by atoms with Crippen LogP contribution in [-0.4, -0.2) is 29.0 Å². The molecule has 0 aromatic heterocycles. The quantitative estimate of drug-likeness (QED) is 0.491. The zero-order valence-corrected chi connectivity index (χ0v) is 8.16. The van der Waals surface area contributed by atoms with Crippen molar-refractivity contribution in [3.8, 4) is 0 Å². The van der Waals surface area contributed by atoms with E-state index < -0.39 is 0 Å². The van der Waals surface area contributed by atoms with Crippen molar-refractivity contribution in [2.75, 3.05) is 6.54 Å². The van der Waals surface area contributed by atoms with Crippen molar-refractivity contribution < 1.29 is 14.4 Å². The highest BCUT2D eigenvalue weighted by Gasteiger charge is 2.30. The molecule has 1 saturated heterocycles. The van der Waals surface area contributed by atoms with Crippen molar-refractivity contribution in [2.24, 2.45) is 0 Å². The number of nitrogens with zero attached hydrogens (tertiary/aromatic N) is 1. The summed E-state index contributed by atoms with van der Waals surface area (Å²) in [6.45, 7) is 1.94. The van der Waals surface area contributed by atoms with Crippen molar-refractivity contribution in [1.82, 2.24) is 4.90 Å². The second-order valence-corrected chi connectivity index (χ2v) is 3.22. The normalized spacial score (nSPS) is 17.1. The van der Waals surface area contributed by atoms with E-state index in [1.807, 2.05) is 6.92 Å². The van der Waals surface area contributed by atoms with E-state index in [0.717, 1.165) is 17.7 Å². The van der Waals surface area contributed by atoms with Crippen molar-refractivity contribution >= 4 is 17.6 Å². The third kappa shape index (κ3) is 2.52. The van der Waals surface area contributed by atoms with Gasteiger partial charge in [-0.25, -0.2) is 0 Å². The van der Waals surface area contributed by atoms with Crippen LogP contribution in [-0.2, 0) is 14.4 Å². The molecule has 1 heterocycles. The van der Waals surface area contributed by atoms with Crippen molar-refractivity contribution in [2.45, 2.75) is 26.2 Å². The van der Waals surface area contributed by atoms with Gasteiger partial charge in [-0.05, 0) is 12.5 Å². The van der Waals surface area contributed by atoms with Gasteiger partial charge in [0.05, 0.1) is 13.0 Å². The Balaban J connectivity index is 2.53. The number of hydrogen-bond donors (Lipinski definition) is 0. The summed E-state index contributed by atoms with van der Waals surface area (Å²) < 4.78 is 0. The minimum Gasteiger partial charge on any atom is -0.297 e. The van der Waals surface area contributed by atoms with E-state index in [0.29, 0.717) is 0 Å². The Kier molecular flexibility index (Phi) is 3.56. The molecule has 0 spiro atoms. The monoisotopic (exact) mass is 195 g/mol. The number of ketones is 1. The van der Waals surface area contributed by atoms with Crippen LogP contribution in [0.15, 0.2) is 12.2 Å². The number of amides is 2. The highest BCUT2D eigenvalue weighted by Crippen LogP contribution is 2.07. The number of Topliss-reactive ketones (excluding diaryl/α,β-unsaturated/α-hetero) is 1. The largest absolute Gasteiger partial charge is 0.297 e. The maximum Gasteiger partial charge on any atom is 0.253 e. The molecule has 0 atom stereocenters. The lowest BCUT2D eigenvalue weighted by Gasteiger charge is -2.08. The van der Waals surface area contributed by atoms with Gasteiger partial charge in [-0.15, -0.1) is 0 Å². The lowest BCUT2D eigenvalue weighted by Crippen LogP contribution is -2.30. The summed E-state index contributed by atoms with van der Waals surface area (Å²) in [5.41, 5.74) is 0. The molecule has 1 aliphatic rings. The van der Waals surface area contributed by atoms with E-state index in [1.54, 1.807) is 6.08 Å². The van der Waals surface area contributed by atoms with Gasteiger partial charge in [0.25, 0.3) is 5.91 Å². The molecule has 4 nitrogen and oxygen atoms in total. The van der Waals surface area contributed by atoms with Crippen LogP contribution in [0.4, 0.5) is 0 Å². The fourth-order valence-electron chi connectivity index (χ4n) is 1.23. The number of unbranched alkanes of at least 4 members (excludes halogenated alkanes) is 1. The summed E-state index contributed by atoms with van der Waals surface area (Å²) in [4.78, 5) is 34.3. The van der Waals surface area contributed by atoms with Gasteiger partial charge in [0, 0.05) is 0 Å². The molecule has 0 radical (unpaired) electrons. The number of allylic oxidation sites excluding steroid dienone is 1. The van der Waals surface area contributed by atoms with E-state index in [-0.39, 0.29) is 30.6 Å². The standard InChI is InChI=1S/C10H13NO3/c1-2-3-4-5-9(13)11-7-8(12)6-10(11)14/h4-5H,2-3,6-7H2,1H3/b5-4+. The van der Waals surface area contributed by atoms with Gasteiger partial charge >= 0.3 is 0 Å². The Bertz CT molecular complexity index is 294. The van der Waals surface area contributed by atoms with E-state index in [1.165, 1.54) is 6.08 Å². The second-order valence-electron chi connectivity index (χ2n) is 3.22. The van der Waals surface area contributed by atoms with Gasteiger partial charge in [-0.3, -0.25) is 19.3 Å². The van der Waals surface area contributed by atoms with Gasteiger partial charge in [0.2, 0.25) is 5.91 Å². The Morgan fingerprint density at radius 3 is 2.71 bits per heavy atom. The molecule has 14 heavy (non-hydrogen) atoms. The molecular formula is C10H13NO3. The van der Waals surface area contributed by atoms with Crippen LogP contribution in [0.2, 0.25) is 0 Å². The predicted octanol–water partition coefficient (Wildman–Crippen LogP) is 0.671. The van der Waals surface area contributed by atoms with Crippen LogP contribution in [0, 0.1) is 0 Å². The Morgan fingerprint density at radius 2 is 2.21 bits per heavy atom. The Hall–Kier alpha value is -1.45. The first-order valence-corrected chi connectivity index (χ1v) is 4.67. The summed E-state index contributed by atoms with van der Waals surface area (Å²) in [7, 11) is 0. The van der Waals surface area contributed by atoms with E-state index in [2.05, 4.69) is 0 Å². The first kappa shape index (κ1) is 10.6. The average molecular weight is 195 g/mol. The molecule has 1 rings (SSSR count). The molecule has 0 unspecified atom stereocenters. The van der Waals surface area contributed by atoms with Crippen LogP contribution in [0.25, 0.3) is 0 Å². The van der Waals surface area contributed by atoms with Gasteiger partial charge in [-0.2, -0.15) is 0 Å². The van der Waals surface area contributed by atoms with Crippen LogP contribution >= 0.6 is 0 Å². The fourth-order valence-corrected chi connectivity index (χ4v) is 1.23. The van der Waals surface area contributed by atoms with Crippen molar-refractivity contribution in [3.05, 3.63) is 12.2 Å². The topological polar surface area (TPSA) is 54.5 Å². The summed E-state index contributed by atoms with van der Waals surface area (Å²) in [5, 5.41) is 0. The summed E-state index contributed by atoms with van der Waals surface area (Å²) >= 11 is 0. The average Bonchev–Trinajstić information content (AvgIpc) is 2.45. The van der Waals surface area contributed by atoms with Crippen molar-refractivity contribution in [3.63, 3.8) is 0 Å². The highest BCUT2D eigenvalue weighted by molar-refractivity contribution is 6.14. The zero-order valence-electron chi connectivity index (χ0n) is 8.16. The van der Waals surface area contributed by atoms with Crippen LogP contribution < -0.4 is 0 Å². The van der Waals surface area contributed by atoms with E-state index >= 15 is 0 Å². The van der Waals surface area contributed by atoms with E-state index in [9.17, 15) is 14.4 Å². The summed E-state index contributed by atoms with van der Waals surface area (Å²) in [5.74, 6) is -0.956. The predicted molar refractivity (Wildman–Crippen MR) is 50.4 cm³/mol. The maximum atomic E-state index is 11.3. The minimum absolute atomic E-state index is 0.0614. The van der Waals surface area contributed by atoms with Crippen LogP contribution in [0.1, 0.15) is 26.2 Å². The Morgan fingerprint density at radius 1 is 1.50 bits per heavy atom. The highest BCUT2D eigenvalue weighted by atomic mass is 16.2. The molecule has 1 fully saturated rings. The molecule has 2 amide bonds. The third-order valence-electron chi connectivity index (χ3n) is 1.97. The fraction of sp³-hybridized carbons (Fsp3) is 0.500. The first-order chi connectivity index (χ1) is 6.65. The lowest BCUT2D eigenvalue weighted by atomic mass is 10.3. The van der Waals surface area contributed by atoms with Crippen LogP contribution in [0.5, 0.6) is 0 Å². The molecule has 0 aromatic carbocycles. The Labute approximate surface area is 82.6 Å². The van der Waals surface area contributed by atoms with E-state index in [4.69, 9.17) is 0 Å². The van der Waals surface area contributed by atoms with Crippen molar-refractivity contribution in [1.29, 1.82) is 0 Å². The number of likely N-dealkylation sites (tertiary alicyclic amines) is 1. The molecule has 0 aromatic rings. The molecule has 0 saturated carbocycles. The van der Waals surface area contributed by atoms with Gasteiger partial charge < -0.3 is 0 Å². The molecule has 0 N–H and O–H groups in total. The molecule has 0 bridgehead atoms. The maximum absolute atomic E-state index is 11.3. The minimum atomic E-state index is -0.388. The number of hydrogen-bond acceptors (Lipinski definition) is 3. The van der Waals surface area contributed by atoms with Gasteiger partial charge in [-0.1, -0.05) is 19.4 Å². The molecule has 0 aliphatic carbocycles. The summed E-state index contributed by atoms with van der Waals surface area (Å²) in [6.07, 6.45) is 4.71. The number of imide groups is 1. The first-order valence-electron chi connectivity index (χ1n) is 4.67. The third-order valence-corrected chi connectivity index (χ3v) is 1.97. The molecule has 76 valence electrons. The molecule has 1 aliphatic heterocycles. The zero-order chi connectivity index (χ0) is 10.6. The number of carbonyl (C=O) groups is 3. The SMILES string of the molecule is CCC/C=C/C(=O)N1CC(=O)CC1=O. The second kappa shape index (κ2) is 4.69. The molecular weight excluding hydrogens is 182 g/mol. The lowest BCUT2D eigenvalue weighted by molar-refractivity contribution is -0.138. The summed E-state index contributed by atoms with van der Waals surface area (Å²) in [6, 6.07) is 0. The van der Waals surface area contributed by atoms with Crippen LogP contribution in [0.3, 0.4) is 0 Å². The number of rotatable bonds is 3. The van der Waals surface area contributed by atoms with Gasteiger partial charge in [0.15, 0.2) is 5.78 Å². The smallest absolute Gasteiger partial charge is 0.253 e. The number of carbonyl (C=O) groups excluding carboxylic acids is 3. The van der Waals surface area contributed by atoms with Gasteiger partial charge in [0.1, 0.15) is 0 Å².